The molecule has 1 amide bonds. The summed E-state index contributed by atoms with van der Waals surface area (Å²) in [6.07, 6.45) is 1.69. The Hall–Kier alpha value is -1.34. The van der Waals surface area contributed by atoms with E-state index < -0.39 is 0 Å². The molecule has 1 aliphatic heterocycles. The fraction of sp³-hybridized carbons (Fsp3) is 0.538. The highest BCUT2D eigenvalue weighted by Crippen LogP contribution is 2.17. The van der Waals surface area contributed by atoms with E-state index >= 15 is 0 Å². The molecule has 0 aliphatic carbocycles. The average Bonchev–Trinajstić information content (AvgIpc) is 2.77. The first-order valence-corrected chi connectivity index (χ1v) is 7.10. The third-order valence-corrected chi connectivity index (χ3v) is 3.67. The monoisotopic (exact) mass is 344 g/mol. The number of carbonyl (C=O) groups excluding carboxylic acids is 2. The number of rotatable bonds is 3. The lowest BCUT2D eigenvalue weighted by atomic mass is 10.2. The van der Waals surface area contributed by atoms with Gasteiger partial charge in [-0.15, -0.1) is 0 Å². The Morgan fingerprint density at radius 3 is 2.90 bits per heavy atom. The van der Waals surface area contributed by atoms with Gasteiger partial charge >= 0.3 is 5.97 Å². The van der Waals surface area contributed by atoms with Crippen molar-refractivity contribution < 1.29 is 19.1 Å². The summed E-state index contributed by atoms with van der Waals surface area (Å²) in [6, 6.07) is 1.78. The van der Waals surface area contributed by atoms with Crippen molar-refractivity contribution in [2.45, 2.75) is 12.5 Å². The lowest BCUT2D eigenvalue weighted by Crippen LogP contribution is -2.46. The normalized spacial score (nSPS) is 18.9. The van der Waals surface area contributed by atoms with Crippen molar-refractivity contribution in [2.75, 3.05) is 26.8 Å². The number of amides is 1. The van der Waals surface area contributed by atoms with E-state index in [1.54, 1.807) is 15.5 Å². The molecule has 1 saturated heterocycles. The van der Waals surface area contributed by atoms with Gasteiger partial charge in [-0.3, -0.25) is 9.59 Å². The van der Waals surface area contributed by atoms with Crippen LogP contribution in [0.25, 0.3) is 0 Å². The standard InChI is InChI=1S/C13H17BrN2O4/c1-15-7-9(14)5-11(15)13(18)16-3-4-20-10(8-16)6-12(17)19-2/h5,7,10H,3-4,6,8H2,1-2H3. The van der Waals surface area contributed by atoms with Crippen molar-refractivity contribution in [2.24, 2.45) is 7.05 Å². The third-order valence-electron chi connectivity index (χ3n) is 3.24. The molecule has 1 aromatic rings. The smallest absolute Gasteiger partial charge is 0.308 e. The lowest BCUT2D eigenvalue weighted by Gasteiger charge is -2.32. The molecule has 1 atom stereocenters. The van der Waals surface area contributed by atoms with Crippen LogP contribution < -0.4 is 0 Å². The molecule has 6 nitrogen and oxygen atoms in total. The molecule has 7 heteroatoms. The number of nitrogens with zero attached hydrogens (tertiary/aromatic N) is 2. The largest absolute Gasteiger partial charge is 0.469 e. The Morgan fingerprint density at radius 2 is 2.30 bits per heavy atom. The van der Waals surface area contributed by atoms with Gasteiger partial charge in [0.15, 0.2) is 0 Å². The molecular weight excluding hydrogens is 328 g/mol. The maximum Gasteiger partial charge on any atom is 0.308 e. The predicted molar refractivity (Wildman–Crippen MR) is 75.4 cm³/mol. The van der Waals surface area contributed by atoms with Gasteiger partial charge < -0.3 is 18.9 Å². The topological polar surface area (TPSA) is 60.8 Å². The summed E-state index contributed by atoms with van der Waals surface area (Å²) in [6.45, 7) is 1.36. The second-order valence-corrected chi connectivity index (χ2v) is 5.59. The van der Waals surface area contributed by atoms with Gasteiger partial charge in [-0.25, -0.2) is 0 Å². The SMILES string of the molecule is COC(=O)CC1CN(C(=O)c2cc(Br)cn2C)CCO1. The van der Waals surface area contributed by atoms with E-state index in [2.05, 4.69) is 20.7 Å². The van der Waals surface area contributed by atoms with E-state index in [0.717, 1.165) is 4.47 Å². The van der Waals surface area contributed by atoms with E-state index in [9.17, 15) is 9.59 Å². The molecule has 2 rings (SSSR count). The number of aryl methyl sites for hydroxylation is 1. The maximum absolute atomic E-state index is 12.4. The van der Waals surface area contributed by atoms with Gasteiger partial charge in [0.25, 0.3) is 5.91 Å². The number of hydrogen-bond donors (Lipinski definition) is 0. The molecule has 0 radical (unpaired) electrons. The van der Waals surface area contributed by atoms with Gasteiger partial charge in [0.2, 0.25) is 0 Å². The number of ether oxygens (including phenoxy) is 2. The van der Waals surface area contributed by atoms with Crippen LogP contribution >= 0.6 is 15.9 Å². The summed E-state index contributed by atoms with van der Waals surface area (Å²) in [7, 11) is 3.17. The van der Waals surface area contributed by atoms with Crippen molar-refractivity contribution >= 4 is 27.8 Å². The zero-order chi connectivity index (χ0) is 14.7. The number of esters is 1. The first kappa shape index (κ1) is 15.1. The predicted octanol–water partition coefficient (Wildman–Crippen LogP) is 1.19. The molecule has 1 unspecified atom stereocenters. The Labute approximate surface area is 125 Å². The highest BCUT2D eigenvalue weighted by Gasteiger charge is 2.28. The second-order valence-electron chi connectivity index (χ2n) is 4.68. The van der Waals surface area contributed by atoms with Crippen molar-refractivity contribution in [1.82, 2.24) is 9.47 Å². The molecule has 2 heterocycles. The Morgan fingerprint density at radius 1 is 1.55 bits per heavy atom. The van der Waals surface area contributed by atoms with E-state index in [1.165, 1.54) is 7.11 Å². The Balaban J connectivity index is 2.03. The lowest BCUT2D eigenvalue weighted by molar-refractivity contribution is -0.145. The molecule has 0 aromatic carbocycles. The molecule has 0 bridgehead atoms. The molecule has 0 spiro atoms. The first-order chi connectivity index (χ1) is 9.51. The fourth-order valence-corrected chi connectivity index (χ4v) is 2.72. The molecule has 20 heavy (non-hydrogen) atoms. The molecule has 0 N–H and O–H groups in total. The molecule has 1 aromatic heterocycles. The van der Waals surface area contributed by atoms with Gasteiger partial charge in [0, 0.05) is 30.8 Å². The van der Waals surface area contributed by atoms with Crippen molar-refractivity contribution in [3.63, 3.8) is 0 Å². The molecule has 1 fully saturated rings. The summed E-state index contributed by atoms with van der Waals surface area (Å²) < 4.78 is 12.8. The van der Waals surface area contributed by atoms with E-state index in [-0.39, 0.29) is 24.4 Å². The van der Waals surface area contributed by atoms with Crippen molar-refractivity contribution in [1.29, 1.82) is 0 Å². The van der Waals surface area contributed by atoms with E-state index in [0.29, 0.717) is 25.4 Å². The van der Waals surface area contributed by atoms with Crippen LogP contribution in [0.2, 0.25) is 0 Å². The number of morpholine rings is 1. The minimum atomic E-state index is -0.328. The molecular formula is C13H17BrN2O4. The van der Waals surface area contributed by atoms with Gasteiger partial charge in [0.1, 0.15) is 5.69 Å². The summed E-state index contributed by atoms with van der Waals surface area (Å²) in [5, 5.41) is 0. The highest BCUT2D eigenvalue weighted by molar-refractivity contribution is 9.10. The molecule has 0 saturated carbocycles. The van der Waals surface area contributed by atoms with Crippen LogP contribution in [0.4, 0.5) is 0 Å². The maximum atomic E-state index is 12.4. The summed E-state index contributed by atoms with van der Waals surface area (Å²) in [5.41, 5.74) is 0.607. The number of carbonyl (C=O) groups is 2. The minimum absolute atomic E-state index is 0.0589. The zero-order valence-electron chi connectivity index (χ0n) is 11.5. The van der Waals surface area contributed by atoms with Gasteiger partial charge in [-0.1, -0.05) is 0 Å². The summed E-state index contributed by atoms with van der Waals surface area (Å²) in [4.78, 5) is 25.4. The quantitative estimate of drug-likeness (QED) is 0.773. The number of hydrogen-bond acceptors (Lipinski definition) is 4. The van der Waals surface area contributed by atoms with Crippen molar-refractivity contribution in [3.8, 4) is 0 Å². The van der Waals surface area contributed by atoms with E-state index in [4.69, 9.17) is 4.74 Å². The fourth-order valence-electron chi connectivity index (χ4n) is 2.20. The van der Waals surface area contributed by atoms with Crippen LogP contribution in [0.3, 0.4) is 0 Å². The van der Waals surface area contributed by atoms with Crippen LogP contribution in [0.15, 0.2) is 16.7 Å². The highest BCUT2D eigenvalue weighted by atomic mass is 79.9. The van der Waals surface area contributed by atoms with Crippen molar-refractivity contribution in [3.05, 3.63) is 22.4 Å². The van der Waals surface area contributed by atoms with Crippen LogP contribution in [0.5, 0.6) is 0 Å². The first-order valence-electron chi connectivity index (χ1n) is 6.31. The summed E-state index contributed by atoms with van der Waals surface area (Å²) >= 11 is 3.35. The number of aromatic nitrogens is 1. The van der Waals surface area contributed by atoms with Crippen LogP contribution in [-0.4, -0.2) is 54.3 Å². The average molecular weight is 345 g/mol. The Kier molecular flexibility index (Phi) is 4.82. The number of methoxy groups -OCH3 is 1. The minimum Gasteiger partial charge on any atom is -0.469 e. The number of halogens is 1. The van der Waals surface area contributed by atoms with Gasteiger partial charge in [0.05, 0.1) is 26.2 Å². The summed E-state index contributed by atoms with van der Waals surface area (Å²) in [5.74, 6) is -0.387. The van der Waals surface area contributed by atoms with E-state index in [1.807, 2.05) is 13.2 Å². The van der Waals surface area contributed by atoms with Crippen LogP contribution in [0, 0.1) is 0 Å². The van der Waals surface area contributed by atoms with Gasteiger partial charge in [-0.2, -0.15) is 0 Å². The molecule has 1 aliphatic rings. The van der Waals surface area contributed by atoms with Gasteiger partial charge in [-0.05, 0) is 22.0 Å². The third kappa shape index (κ3) is 3.40. The van der Waals surface area contributed by atoms with Crippen LogP contribution in [-0.2, 0) is 21.3 Å². The zero-order valence-corrected chi connectivity index (χ0v) is 13.1. The van der Waals surface area contributed by atoms with Crippen LogP contribution in [0.1, 0.15) is 16.9 Å². The Bertz CT molecular complexity index is 514. The second kappa shape index (κ2) is 6.41. The molecule has 110 valence electrons.